The van der Waals surface area contributed by atoms with E-state index in [1.165, 1.54) is 35.4 Å². The molecule has 0 aliphatic heterocycles. The molecule has 4 aromatic carbocycles. The highest BCUT2D eigenvalue weighted by molar-refractivity contribution is 5.85. The number of benzene rings is 4. The van der Waals surface area contributed by atoms with E-state index in [-0.39, 0.29) is 17.0 Å². The van der Waals surface area contributed by atoms with Crippen LogP contribution in [0.2, 0.25) is 0 Å². The number of ether oxygens (including phenoxy) is 1. The van der Waals surface area contributed by atoms with Crippen molar-refractivity contribution in [1.82, 2.24) is 19.6 Å². The zero-order chi connectivity index (χ0) is 45.6. The number of nitrogens with zero attached hydrogens (tertiary/aromatic N) is 4. The molecule has 4 aliphatic carbocycles. The van der Waals surface area contributed by atoms with Gasteiger partial charge in [-0.15, -0.1) is 0 Å². The van der Waals surface area contributed by atoms with Gasteiger partial charge in [-0.05, 0) is 166 Å². The zero-order valence-corrected chi connectivity index (χ0v) is 37.2. The molecule has 0 bridgehead atoms. The average molecular weight is 879 g/mol. The molecule has 0 unspecified atom stereocenters. The molecule has 2 fully saturated rings. The maximum Gasteiger partial charge on any atom is 0.411 e. The van der Waals surface area contributed by atoms with Gasteiger partial charge < -0.3 is 20.7 Å². The fraction of sp³-hybridized carbons (Fsp3) is 0.340. The van der Waals surface area contributed by atoms with Gasteiger partial charge in [-0.25, -0.2) is 22.9 Å². The number of aryl methyl sites for hydroxylation is 2. The smallest absolute Gasteiger partial charge is 0.411 e. The monoisotopic (exact) mass is 878 g/mol. The SMILES string of the molecule is CCOC(=O)Nc1ccccc1CC[C@]1(O)CCC2=Cc3c(cnn3-c3ccc(F)cc3)C[C@@]21C.C[C@]12Cc3cnn(-c4ccc(F)cc4)c3C=C1CC[C@@]2(O)CCc1ccccc1N. The first-order valence-electron chi connectivity index (χ1n) is 22.6. The lowest BCUT2D eigenvalue weighted by Gasteiger charge is -2.42. The number of nitrogens with one attached hydrogen (secondary N) is 1. The number of anilines is 2. The van der Waals surface area contributed by atoms with E-state index in [1.807, 2.05) is 70.3 Å². The van der Waals surface area contributed by atoms with Gasteiger partial charge in [-0.3, -0.25) is 5.32 Å². The number of aromatic nitrogens is 4. The summed E-state index contributed by atoms with van der Waals surface area (Å²) in [5.74, 6) is -0.536. The van der Waals surface area contributed by atoms with E-state index in [9.17, 15) is 23.8 Å². The lowest BCUT2D eigenvalue weighted by Crippen LogP contribution is -2.45. The lowest BCUT2D eigenvalue weighted by atomic mass is 9.65. The second-order valence-corrected chi connectivity index (χ2v) is 18.5. The highest BCUT2D eigenvalue weighted by atomic mass is 19.1. The number of nitrogens with two attached hydrogens (primary N) is 1. The van der Waals surface area contributed by atoms with Crippen molar-refractivity contribution < 1.29 is 28.5 Å². The van der Waals surface area contributed by atoms with Gasteiger partial charge in [0.05, 0.1) is 53.0 Å². The van der Waals surface area contributed by atoms with Crippen molar-refractivity contribution in [2.75, 3.05) is 17.7 Å². The summed E-state index contributed by atoms with van der Waals surface area (Å²) < 4.78 is 35.5. The minimum Gasteiger partial charge on any atom is -0.450 e. The molecule has 0 spiro atoms. The number of hydrogen-bond donors (Lipinski definition) is 4. The number of para-hydroxylation sites is 2. The minimum atomic E-state index is -0.883. The van der Waals surface area contributed by atoms with E-state index in [2.05, 4.69) is 41.5 Å². The van der Waals surface area contributed by atoms with Crippen molar-refractivity contribution in [3.63, 3.8) is 0 Å². The van der Waals surface area contributed by atoms with Crippen LogP contribution in [0.3, 0.4) is 0 Å². The number of carbonyl (C=O) groups excluding carboxylic acids is 1. The Balaban J connectivity index is 0.000000166. The van der Waals surface area contributed by atoms with Gasteiger partial charge in [0.25, 0.3) is 0 Å². The summed E-state index contributed by atoms with van der Waals surface area (Å²) >= 11 is 0. The van der Waals surface area contributed by atoms with E-state index < -0.39 is 22.7 Å². The molecule has 2 saturated carbocycles. The highest BCUT2D eigenvalue weighted by Crippen LogP contribution is 2.58. The van der Waals surface area contributed by atoms with E-state index in [0.717, 1.165) is 82.8 Å². The number of rotatable bonds is 10. The quantitative estimate of drug-likeness (QED) is 0.100. The normalized spacial score (nSPS) is 23.8. The molecule has 0 saturated heterocycles. The number of hydrogen-bond acceptors (Lipinski definition) is 7. The molecular weight excluding hydrogens is 823 g/mol. The standard InChI is InChI=1S/C28H30FN3O3.C25H26FN3O/c1-3-35-26(33)31-24-7-5-4-6-19(24)12-14-28(34)15-13-21-16-25-20(17-27(21,28)2)18-30-32(25)23-10-8-22(29)9-11-23;1-24-15-18-16-28-29(21-8-6-20(26)7-9-21)23(18)14-19(24)11-13-25(24,30)12-10-17-4-2-3-5-22(17)27/h4-11,16,18,34H,3,12-15,17H2,1-2H3,(H,31,33);2-9,14,16,30H,10-13,15,27H2,1H3/t27-,28-;24-,25-/m00/s1. The second kappa shape index (κ2) is 17.2. The Hall–Kier alpha value is -6.37. The van der Waals surface area contributed by atoms with Crippen LogP contribution in [-0.2, 0) is 30.4 Å². The van der Waals surface area contributed by atoms with E-state index in [4.69, 9.17) is 10.5 Å². The highest BCUT2D eigenvalue weighted by Gasteiger charge is 2.56. The predicted octanol–water partition coefficient (Wildman–Crippen LogP) is 10.4. The molecule has 12 heteroatoms. The van der Waals surface area contributed by atoms with Crippen LogP contribution in [0.15, 0.2) is 121 Å². The summed E-state index contributed by atoms with van der Waals surface area (Å²) in [7, 11) is 0. The largest absolute Gasteiger partial charge is 0.450 e. The second-order valence-electron chi connectivity index (χ2n) is 18.5. The van der Waals surface area contributed by atoms with Crippen molar-refractivity contribution in [1.29, 1.82) is 0 Å². The molecule has 10 rings (SSSR count). The molecule has 65 heavy (non-hydrogen) atoms. The van der Waals surface area contributed by atoms with E-state index >= 15 is 0 Å². The van der Waals surface area contributed by atoms with Gasteiger partial charge in [-0.1, -0.05) is 61.4 Å². The minimum absolute atomic E-state index is 0.259. The fourth-order valence-corrected chi connectivity index (χ4v) is 10.8. The van der Waals surface area contributed by atoms with Gasteiger partial charge in [0.15, 0.2) is 0 Å². The molecule has 1 amide bonds. The van der Waals surface area contributed by atoms with Crippen molar-refractivity contribution in [2.45, 2.75) is 96.2 Å². The zero-order valence-electron chi connectivity index (χ0n) is 37.2. The molecular formula is C53H56F2N6O4. The molecule has 10 nitrogen and oxygen atoms in total. The van der Waals surface area contributed by atoms with Crippen molar-refractivity contribution in [3.05, 3.63) is 166 Å². The van der Waals surface area contributed by atoms with Crippen molar-refractivity contribution >= 4 is 29.6 Å². The summed E-state index contributed by atoms with van der Waals surface area (Å²) in [5, 5.41) is 35.6. The number of amides is 1. The Kier molecular flexibility index (Phi) is 11.6. The Morgan fingerprint density at radius 2 is 1.17 bits per heavy atom. The van der Waals surface area contributed by atoms with E-state index in [0.29, 0.717) is 44.4 Å². The number of nitrogen functional groups attached to an aromatic ring is 1. The predicted molar refractivity (Wildman–Crippen MR) is 250 cm³/mol. The van der Waals surface area contributed by atoms with Gasteiger partial charge in [0.1, 0.15) is 11.6 Å². The van der Waals surface area contributed by atoms with Crippen LogP contribution in [0.4, 0.5) is 25.0 Å². The number of halogens is 2. The Labute approximate surface area is 378 Å². The molecule has 5 N–H and O–H groups in total. The maximum absolute atomic E-state index is 13.4. The summed E-state index contributed by atoms with van der Waals surface area (Å²) in [6.07, 6.45) is 14.8. The number of aliphatic hydroxyl groups is 2. The molecule has 4 aliphatic rings. The van der Waals surface area contributed by atoms with Crippen LogP contribution in [0.25, 0.3) is 23.5 Å². The van der Waals surface area contributed by atoms with Crippen LogP contribution in [0.1, 0.15) is 92.9 Å². The first-order valence-corrected chi connectivity index (χ1v) is 22.6. The van der Waals surface area contributed by atoms with E-state index in [1.54, 1.807) is 31.2 Å². The summed E-state index contributed by atoms with van der Waals surface area (Å²) in [5.41, 5.74) is 15.6. The fourth-order valence-electron chi connectivity index (χ4n) is 10.8. The third-order valence-corrected chi connectivity index (χ3v) is 14.9. The summed E-state index contributed by atoms with van der Waals surface area (Å²) in [6, 6.07) is 28.2. The Morgan fingerprint density at radius 3 is 1.66 bits per heavy atom. The van der Waals surface area contributed by atoms with Crippen LogP contribution in [0, 0.1) is 22.5 Å². The maximum atomic E-state index is 13.4. The third-order valence-electron chi connectivity index (χ3n) is 14.9. The molecule has 0 radical (unpaired) electrons. The molecule has 6 aromatic rings. The average Bonchev–Trinajstić information content (AvgIpc) is 4.03. The van der Waals surface area contributed by atoms with Crippen LogP contribution in [0.5, 0.6) is 0 Å². The van der Waals surface area contributed by atoms with Crippen LogP contribution < -0.4 is 11.1 Å². The van der Waals surface area contributed by atoms with Crippen molar-refractivity contribution in [2.24, 2.45) is 10.8 Å². The van der Waals surface area contributed by atoms with Crippen LogP contribution >= 0.6 is 0 Å². The topological polar surface area (TPSA) is 140 Å². The van der Waals surface area contributed by atoms with Crippen LogP contribution in [-0.4, -0.2) is 53.7 Å². The van der Waals surface area contributed by atoms with Crippen molar-refractivity contribution in [3.8, 4) is 11.4 Å². The van der Waals surface area contributed by atoms with Gasteiger partial charge >= 0.3 is 6.09 Å². The molecule has 336 valence electrons. The number of fused-ring (bicyclic) bond motifs is 4. The third kappa shape index (κ3) is 8.07. The van der Waals surface area contributed by atoms with Gasteiger partial charge in [0, 0.05) is 22.2 Å². The first-order chi connectivity index (χ1) is 31.2. The molecule has 4 atom stereocenters. The van der Waals surface area contributed by atoms with Gasteiger partial charge in [-0.2, -0.15) is 10.2 Å². The van der Waals surface area contributed by atoms with Gasteiger partial charge in [0.2, 0.25) is 0 Å². The number of carbonyl (C=O) groups is 1. The summed E-state index contributed by atoms with van der Waals surface area (Å²) in [6.45, 7) is 6.40. The Morgan fingerprint density at radius 1 is 0.708 bits per heavy atom. The first kappa shape index (κ1) is 43.9. The Bertz CT molecular complexity index is 2800. The summed E-state index contributed by atoms with van der Waals surface area (Å²) in [4.78, 5) is 11.9. The lowest BCUT2D eigenvalue weighted by molar-refractivity contribution is -0.0463. The molecule has 2 heterocycles. The molecule has 2 aromatic heterocycles.